The van der Waals surface area contributed by atoms with E-state index in [1.54, 1.807) is 16.4 Å². The van der Waals surface area contributed by atoms with Crippen molar-refractivity contribution in [2.45, 2.75) is 50.1 Å². The van der Waals surface area contributed by atoms with Crippen LogP contribution in [0.2, 0.25) is 0 Å². The summed E-state index contributed by atoms with van der Waals surface area (Å²) in [6, 6.07) is 3.41. The monoisotopic (exact) mass is 424 g/mol. The van der Waals surface area contributed by atoms with E-state index in [0.29, 0.717) is 4.47 Å². The number of halogens is 2. The minimum Gasteiger partial charge on any atom is -0.398 e. The van der Waals surface area contributed by atoms with Crippen molar-refractivity contribution in [1.29, 1.82) is 0 Å². The molecular formula is C13H18Br2N2O2S. The second-order valence-corrected chi connectivity index (χ2v) is 8.68. The van der Waals surface area contributed by atoms with Gasteiger partial charge in [0.25, 0.3) is 0 Å². The molecule has 1 aliphatic heterocycles. The number of sulfonamides is 1. The highest BCUT2D eigenvalue weighted by Crippen LogP contribution is 2.38. The number of nitrogens with zero attached hydrogens (tertiary/aromatic N) is 1. The SMILES string of the molecule is CCC1CCC(C)N1S(=O)(=O)c1c(N)cc(Br)cc1Br. The molecular weight excluding hydrogens is 408 g/mol. The highest BCUT2D eigenvalue weighted by Gasteiger charge is 2.40. The average Bonchev–Trinajstić information content (AvgIpc) is 2.69. The Kier molecular flexibility index (Phi) is 4.83. The lowest BCUT2D eigenvalue weighted by atomic mass is 10.2. The molecule has 4 nitrogen and oxygen atoms in total. The Balaban J connectivity index is 2.56. The normalized spacial score (nSPS) is 24.2. The molecule has 0 aliphatic carbocycles. The first kappa shape index (κ1) is 16.3. The fourth-order valence-corrected chi connectivity index (χ4v) is 6.79. The van der Waals surface area contributed by atoms with Crippen LogP contribution in [0.5, 0.6) is 0 Å². The van der Waals surface area contributed by atoms with E-state index in [0.717, 1.165) is 23.7 Å². The van der Waals surface area contributed by atoms with Crippen molar-refractivity contribution in [2.24, 2.45) is 0 Å². The third-order valence-electron chi connectivity index (χ3n) is 3.76. The first-order chi connectivity index (χ1) is 9.28. The van der Waals surface area contributed by atoms with Crippen LogP contribution < -0.4 is 5.73 Å². The molecule has 0 spiro atoms. The molecule has 1 heterocycles. The Morgan fingerprint density at radius 2 is 2.00 bits per heavy atom. The molecule has 112 valence electrons. The second-order valence-electron chi connectivity index (χ2n) is 5.13. The standard InChI is InChI=1S/C13H18Br2N2O2S/c1-3-10-5-4-8(2)17(10)20(18,19)13-11(15)6-9(14)7-12(13)16/h6-8,10H,3-5,16H2,1-2H3. The maximum Gasteiger partial charge on any atom is 0.246 e. The van der Waals surface area contributed by atoms with Gasteiger partial charge in [0, 0.05) is 21.0 Å². The zero-order valence-corrected chi connectivity index (χ0v) is 15.4. The summed E-state index contributed by atoms with van der Waals surface area (Å²) in [5.74, 6) is 0. The van der Waals surface area contributed by atoms with Crippen molar-refractivity contribution in [1.82, 2.24) is 4.31 Å². The van der Waals surface area contributed by atoms with Gasteiger partial charge in [-0.05, 0) is 54.2 Å². The Morgan fingerprint density at radius 1 is 1.35 bits per heavy atom. The molecule has 1 aromatic carbocycles. The van der Waals surface area contributed by atoms with Gasteiger partial charge in [-0.3, -0.25) is 0 Å². The summed E-state index contributed by atoms with van der Waals surface area (Å²) >= 11 is 6.64. The van der Waals surface area contributed by atoms with E-state index in [2.05, 4.69) is 31.9 Å². The van der Waals surface area contributed by atoms with Gasteiger partial charge in [-0.2, -0.15) is 4.31 Å². The molecule has 0 bridgehead atoms. The summed E-state index contributed by atoms with van der Waals surface area (Å²) in [6.07, 6.45) is 2.62. The smallest absolute Gasteiger partial charge is 0.246 e. The van der Waals surface area contributed by atoms with Gasteiger partial charge in [0.05, 0.1) is 5.69 Å². The molecule has 20 heavy (non-hydrogen) atoms. The van der Waals surface area contributed by atoms with Crippen LogP contribution in [0.25, 0.3) is 0 Å². The van der Waals surface area contributed by atoms with Crippen molar-refractivity contribution in [3.05, 3.63) is 21.1 Å². The lowest BCUT2D eigenvalue weighted by molar-refractivity contribution is 0.328. The topological polar surface area (TPSA) is 63.4 Å². The van der Waals surface area contributed by atoms with E-state index >= 15 is 0 Å². The van der Waals surface area contributed by atoms with Gasteiger partial charge in [0.15, 0.2) is 0 Å². The maximum atomic E-state index is 13.0. The minimum absolute atomic E-state index is 0.0138. The fourth-order valence-electron chi connectivity index (χ4n) is 2.82. The molecule has 0 radical (unpaired) electrons. The van der Waals surface area contributed by atoms with Crippen LogP contribution in [0.3, 0.4) is 0 Å². The lowest BCUT2D eigenvalue weighted by Crippen LogP contribution is -2.40. The molecule has 0 saturated carbocycles. The van der Waals surface area contributed by atoms with Gasteiger partial charge in [-0.25, -0.2) is 8.42 Å². The quantitative estimate of drug-likeness (QED) is 0.750. The van der Waals surface area contributed by atoms with Crippen LogP contribution in [0.15, 0.2) is 26.0 Å². The number of nitrogen functional groups attached to an aromatic ring is 1. The van der Waals surface area contributed by atoms with E-state index in [1.165, 1.54) is 0 Å². The summed E-state index contributed by atoms with van der Waals surface area (Å²) < 4.78 is 28.8. The molecule has 2 unspecified atom stereocenters. The van der Waals surface area contributed by atoms with E-state index in [1.807, 2.05) is 13.8 Å². The summed E-state index contributed by atoms with van der Waals surface area (Å²) in [7, 11) is -3.59. The number of nitrogens with two attached hydrogens (primary N) is 1. The minimum atomic E-state index is -3.59. The number of hydrogen-bond acceptors (Lipinski definition) is 3. The molecule has 2 rings (SSSR count). The van der Waals surface area contributed by atoms with Crippen molar-refractivity contribution >= 4 is 47.6 Å². The van der Waals surface area contributed by atoms with E-state index in [9.17, 15) is 8.42 Å². The van der Waals surface area contributed by atoms with Gasteiger partial charge >= 0.3 is 0 Å². The predicted molar refractivity (Wildman–Crippen MR) is 88.1 cm³/mol. The third kappa shape index (κ3) is 2.77. The van der Waals surface area contributed by atoms with Crippen LogP contribution >= 0.6 is 31.9 Å². The zero-order valence-electron chi connectivity index (χ0n) is 11.4. The zero-order chi connectivity index (χ0) is 15.1. The van der Waals surface area contributed by atoms with Crippen LogP contribution in [0.1, 0.15) is 33.1 Å². The van der Waals surface area contributed by atoms with Gasteiger partial charge in [-0.15, -0.1) is 0 Å². The summed E-state index contributed by atoms with van der Waals surface area (Å²) in [5, 5.41) is 0. The number of anilines is 1. The van der Waals surface area contributed by atoms with Crippen LogP contribution in [-0.4, -0.2) is 24.8 Å². The molecule has 1 saturated heterocycles. The number of rotatable bonds is 3. The molecule has 7 heteroatoms. The Labute approximate surface area is 137 Å². The highest BCUT2D eigenvalue weighted by molar-refractivity contribution is 9.11. The van der Waals surface area contributed by atoms with E-state index < -0.39 is 10.0 Å². The first-order valence-corrected chi connectivity index (χ1v) is 9.59. The predicted octanol–water partition coefficient (Wildman–Crippen LogP) is 3.75. The highest BCUT2D eigenvalue weighted by atomic mass is 79.9. The second kappa shape index (κ2) is 5.94. The van der Waals surface area contributed by atoms with Crippen molar-refractivity contribution in [3.8, 4) is 0 Å². The lowest BCUT2D eigenvalue weighted by Gasteiger charge is -2.28. The Bertz CT molecular complexity index is 596. The molecule has 1 aliphatic rings. The third-order valence-corrected chi connectivity index (χ3v) is 7.29. The summed E-state index contributed by atoms with van der Waals surface area (Å²) in [6.45, 7) is 3.97. The average molecular weight is 426 g/mol. The van der Waals surface area contributed by atoms with Gasteiger partial charge < -0.3 is 5.73 Å². The summed E-state index contributed by atoms with van der Waals surface area (Å²) in [5.41, 5.74) is 6.21. The molecule has 1 aromatic rings. The van der Waals surface area contributed by atoms with E-state index in [4.69, 9.17) is 5.73 Å². The Morgan fingerprint density at radius 3 is 2.55 bits per heavy atom. The van der Waals surface area contributed by atoms with E-state index in [-0.39, 0.29) is 22.7 Å². The largest absolute Gasteiger partial charge is 0.398 e. The van der Waals surface area contributed by atoms with Gasteiger partial charge in [-0.1, -0.05) is 22.9 Å². The van der Waals surface area contributed by atoms with Crippen LogP contribution in [-0.2, 0) is 10.0 Å². The molecule has 0 aromatic heterocycles. The van der Waals surface area contributed by atoms with Crippen molar-refractivity contribution in [3.63, 3.8) is 0 Å². The molecule has 0 amide bonds. The molecule has 1 fully saturated rings. The fraction of sp³-hybridized carbons (Fsp3) is 0.538. The Hall–Kier alpha value is -0.110. The molecule has 2 N–H and O–H groups in total. The van der Waals surface area contributed by atoms with Crippen LogP contribution in [0, 0.1) is 0 Å². The number of benzene rings is 1. The molecule has 2 atom stereocenters. The van der Waals surface area contributed by atoms with Gasteiger partial charge in [0.2, 0.25) is 10.0 Å². The number of hydrogen-bond donors (Lipinski definition) is 1. The van der Waals surface area contributed by atoms with Gasteiger partial charge in [0.1, 0.15) is 4.90 Å². The van der Waals surface area contributed by atoms with Crippen molar-refractivity contribution in [2.75, 3.05) is 5.73 Å². The maximum absolute atomic E-state index is 13.0. The summed E-state index contributed by atoms with van der Waals surface area (Å²) in [4.78, 5) is 0.174. The van der Waals surface area contributed by atoms with Crippen LogP contribution in [0.4, 0.5) is 5.69 Å². The van der Waals surface area contributed by atoms with Crippen molar-refractivity contribution < 1.29 is 8.42 Å². The first-order valence-electron chi connectivity index (χ1n) is 6.57.